The van der Waals surface area contributed by atoms with Gasteiger partial charge in [-0.3, -0.25) is 9.80 Å². The van der Waals surface area contributed by atoms with Gasteiger partial charge in [-0.05, 0) is 57.0 Å². The summed E-state index contributed by atoms with van der Waals surface area (Å²) in [5.74, 6) is 1.44. The second-order valence-electron chi connectivity index (χ2n) is 8.26. The number of hydrogen-bond acceptors (Lipinski definition) is 3. The first-order valence-corrected chi connectivity index (χ1v) is 9.16. The van der Waals surface area contributed by atoms with E-state index in [1.54, 1.807) is 0 Å². The summed E-state index contributed by atoms with van der Waals surface area (Å²) in [5, 5.41) is 0. The van der Waals surface area contributed by atoms with E-state index in [1.807, 2.05) is 0 Å². The van der Waals surface area contributed by atoms with Crippen molar-refractivity contribution in [3.05, 3.63) is 0 Å². The SMILES string of the molecule is CC(C)CC(CN)(CC(C)C)N1CCC(N2CCCC2)C1. The Morgan fingerprint density at radius 2 is 1.57 bits per heavy atom. The molecule has 0 spiro atoms. The quantitative estimate of drug-likeness (QED) is 0.784. The van der Waals surface area contributed by atoms with Crippen LogP contribution in [-0.2, 0) is 0 Å². The van der Waals surface area contributed by atoms with Gasteiger partial charge in [0.1, 0.15) is 0 Å². The summed E-state index contributed by atoms with van der Waals surface area (Å²) in [4.78, 5) is 5.49. The fourth-order valence-electron chi connectivity index (χ4n) is 4.73. The zero-order valence-electron chi connectivity index (χ0n) is 14.8. The molecule has 3 heteroatoms. The van der Waals surface area contributed by atoms with Crippen LogP contribution in [0.2, 0.25) is 0 Å². The lowest BCUT2D eigenvalue weighted by Gasteiger charge is -2.44. The van der Waals surface area contributed by atoms with E-state index in [2.05, 4.69) is 37.5 Å². The van der Waals surface area contributed by atoms with Crippen molar-refractivity contribution >= 4 is 0 Å². The summed E-state index contributed by atoms with van der Waals surface area (Å²) in [6.45, 7) is 15.3. The lowest BCUT2D eigenvalue weighted by molar-refractivity contribution is 0.0682. The van der Waals surface area contributed by atoms with Crippen molar-refractivity contribution in [2.24, 2.45) is 17.6 Å². The normalized spacial score (nSPS) is 25.6. The Morgan fingerprint density at radius 3 is 2.05 bits per heavy atom. The van der Waals surface area contributed by atoms with Crippen LogP contribution in [0.1, 0.15) is 59.8 Å². The van der Waals surface area contributed by atoms with Gasteiger partial charge in [-0.25, -0.2) is 0 Å². The molecule has 1 unspecified atom stereocenters. The highest BCUT2D eigenvalue weighted by Crippen LogP contribution is 2.34. The van der Waals surface area contributed by atoms with Gasteiger partial charge in [-0.1, -0.05) is 27.7 Å². The molecule has 0 aromatic rings. The van der Waals surface area contributed by atoms with E-state index in [0.717, 1.165) is 24.4 Å². The molecule has 0 bridgehead atoms. The number of nitrogens with zero attached hydrogens (tertiary/aromatic N) is 2. The minimum atomic E-state index is 0.233. The average molecular weight is 296 g/mol. The minimum absolute atomic E-state index is 0.233. The molecular formula is C18H37N3. The molecule has 2 rings (SSSR count). The molecule has 2 aliphatic rings. The van der Waals surface area contributed by atoms with Gasteiger partial charge in [0.25, 0.3) is 0 Å². The van der Waals surface area contributed by atoms with Crippen LogP contribution in [0.5, 0.6) is 0 Å². The zero-order valence-corrected chi connectivity index (χ0v) is 14.8. The van der Waals surface area contributed by atoms with Gasteiger partial charge >= 0.3 is 0 Å². The van der Waals surface area contributed by atoms with Crippen molar-refractivity contribution in [3.8, 4) is 0 Å². The van der Waals surface area contributed by atoms with Crippen molar-refractivity contribution in [1.29, 1.82) is 0 Å². The molecule has 0 radical (unpaired) electrons. The summed E-state index contributed by atoms with van der Waals surface area (Å²) in [5.41, 5.74) is 6.56. The summed E-state index contributed by atoms with van der Waals surface area (Å²) < 4.78 is 0. The van der Waals surface area contributed by atoms with Crippen LogP contribution < -0.4 is 5.73 Å². The second kappa shape index (κ2) is 7.43. The highest BCUT2D eigenvalue weighted by molar-refractivity contribution is 4.99. The topological polar surface area (TPSA) is 32.5 Å². The van der Waals surface area contributed by atoms with Crippen molar-refractivity contribution < 1.29 is 0 Å². The van der Waals surface area contributed by atoms with Crippen molar-refractivity contribution in [2.45, 2.75) is 71.4 Å². The maximum Gasteiger partial charge on any atom is 0.0337 e. The monoisotopic (exact) mass is 295 g/mol. The van der Waals surface area contributed by atoms with E-state index in [0.29, 0.717) is 0 Å². The Kier molecular flexibility index (Phi) is 6.10. The third-order valence-electron chi connectivity index (χ3n) is 5.45. The summed E-state index contributed by atoms with van der Waals surface area (Å²) in [7, 11) is 0. The average Bonchev–Trinajstić information content (AvgIpc) is 3.07. The predicted octanol–water partition coefficient (Wildman–Crippen LogP) is 2.95. The summed E-state index contributed by atoms with van der Waals surface area (Å²) >= 11 is 0. The van der Waals surface area contributed by atoms with Gasteiger partial charge in [0, 0.05) is 31.2 Å². The molecule has 0 aromatic heterocycles. The predicted molar refractivity (Wildman–Crippen MR) is 91.5 cm³/mol. The van der Waals surface area contributed by atoms with Gasteiger partial charge in [0.15, 0.2) is 0 Å². The maximum atomic E-state index is 6.33. The Hall–Kier alpha value is -0.120. The lowest BCUT2D eigenvalue weighted by atomic mass is 9.80. The molecule has 0 aliphatic carbocycles. The Labute approximate surface area is 132 Å². The maximum absolute atomic E-state index is 6.33. The van der Waals surface area contributed by atoms with E-state index in [4.69, 9.17) is 5.73 Å². The van der Waals surface area contributed by atoms with Crippen LogP contribution in [0, 0.1) is 11.8 Å². The number of hydrogen-bond donors (Lipinski definition) is 1. The van der Waals surface area contributed by atoms with Crippen LogP contribution in [-0.4, -0.2) is 54.1 Å². The van der Waals surface area contributed by atoms with Crippen molar-refractivity contribution in [1.82, 2.24) is 9.80 Å². The Balaban J connectivity index is 2.05. The Morgan fingerprint density at radius 1 is 1.00 bits per heavy atom. The van der Waals surface area contributed by atoms with Crippen LogP contribution in [0.15, 0.2) is 0 Å². The fraction of sp³-hybridized carbons (Fsp3) is 1.00. The van der Waals surface area contributed by atoms with Crippen molar-refractivity contribution in [2.75, 3.05) is 32.7 Å². The molecule has 2 fully saturated rings. The summed E-state index contributed by atoms with van der Waals surface area (Å²) in [6.07, 6.45) is 6.63. The van der Waals surface area contributed by atoms with E-state index in [1.165, 1.54) is 58.3 Å². The second-order valence-corrected chi connectivity index (χ2v) is 8.26. The van der Waals surface area contributed by atoms with Crippen LogP contribution in [0.4, 0.5) is 0 Å². The molecular weight excluding hydrogens is 258 g/mol. The van der Waals surface area contributed by atoms with Crippen LogP contribution >= 0.6 is 0 Å². The van der Waals surface area contributed by atoms with E-state index in [-0.39, 0.29) is 5.54 Å². The molecule has 0 aromatic carbocycles. The number of likely N-dealkylation sites (tertiary alicyclic amines) is 2. The van der Waals surface area contributed by atoms with E-state index in [9.17, 15) is 0 Å². The van der Waals surface area contributed by atoms with Crippen molar-refractivity contribution in [3.63, 3.8) is 0 Å². The van der Waals surface area contributed by atoms with Gasteiger partial charge in [0.05, 0.1) is 0 Å². The minimum Gasteiger partial charge on any atom is -0.329 e. The van der Waals surface area contributed by atoms with Crippen LogP contribution in [0.3, 0.4) is 0 Å². The van der Waals surface area contributed by atoms with Gasteiger partial charge in [-0.15, -0.1) is 0 Å². The zero-order chi connectivity index (χ0) is 15.5. The number of rotatable bonds is 7. The van der Waals surface area contributed by atoms with Gasteiger partial charge in [0.2, 0.25) is 0 Å². The first-order chi connectivity index (χ1) is 9.97. The third kappa shape index (κ3) is 4.20. The third-order valence-corrected chi connectivity index (χ3v) is 5.45. The first-order valence-electron chi connectivity index (χ1n) is 9.16. The molecule has 3 nitrogen and oxygen atoms in total. The first kappa shape index (κ1) is 17.2. The molecule has 0 saturated carbocycles. The largest absolute Gasteiger partial charge is 0.329 e. The molecule has 2 saturated heterocycles. The van der Waals surface area contributed by atoms with Crippen LogP contribution in [0.25, 0.3) is 0 Å². The standard InChI is InChI=1S/C18H37N3/c1-15(2)11-18(14-19,12-16(3)4)21-10-7-17(13-21)20-8-5-6-9-20/h15-17H,5-14,19H2,1-4H3. The molecule has 2 N–H and O–H groups in total. The van der Waals surface area contributed by atoms with Gasteiger partial charge < -0.3 is 5.73 Å². The molecule has 1 atom stereocenters. The van der Waals surface area contributed by atoms with E-state index >= 15 is 0 Å². The fourth-order valence-corrected chi connectivity index (χ4v) is 4.73. The molecule has 124 valence electrons. The smallest absolute Gasteiger partial charge is 0.0337 e. The lowest BCUT2D eigenvalue weighted by Crippen LogP contribution is -2.55. The molecule has 21 heavy (non-hydrogen) atoms. The highest BCUT2D eigenvalue weighted by atomic mass is 15.3. The molecule has 2 heterocycles. The van der Waals surface area contributed by atoms with E-state index < -0.39 is 0 Å². The van der Waals surface area contributed by atoms with Gasteiger partial charge in [-0.2, -0.15) is 0 Å². The summed E-state index contributed by atoms with van der Waals surface area (Å²) in [6, 6.07) is 0.790. The highest BCUT2D eigenvalue weighted by Gasteiger charge is 2.41. The Bertz CT molecular complexity index is 298. The number of nitrogens with two attached hydrogens (primary N) is 1. The molecule has 0 amide bonds. The molecule has 2 aliphatic heterocycles.